The highest BCUT2D eigenvalue weighted by Crippen LogP contribution is 2.42. The van der Waals surface area contributed by atoms with Gasteiger partial charge in [0.05, 0.1) is 18.4 Å². The van der Waals surface area contributed by atoms with E-state index in [0.717, 1.165) is 36.1 Å². The van der Waals surface area contributed by atoms with Gasteiger partial charge < -0.3 is 15.2 Å². The smallest absolute Gasteiger partial charge is 0.335 e. The number of anilines is 1. The average Bonchev–Trinajstić information content (AvgIpc) is 3.94. The van der Waals surface area contributed by atoms with Crippen molar-refractivity contribution in [3.05, 3.63) is 123 Å². The van der Waals surface area contributed by atoms with E-state index in [1.165, 1.54) is 37.4 Å². The maximum absolute atomic E-state index is 15.3. The summed E-state index contributed by atoms with van der Waals surface area (Å²) < 4.78 is 108. The van der Waals surface area contributed by atoms with Crippen molar-refractivity contribution in [3.63, 3.8) is 0 Å². The third-order valence-corrected chi connectivity index (χ3v) is 10.8. The van der Waals surface area contributed by atoms with Gasteiger partial charge in [-0.25, -0.2) is 35.2 Å². The number of hydrogen-bond acceptors (Lipinski definition) is 5. The zero-order valence-electron chi connectivity index (χ0n) is 28.4. The fraction of sp³-hybridized carbons (Fsp3) is 0.297. The fourth-order valence-electron chi connectivity index (χ4n) is 5.67. The number of amides is 1. The first-order valence-corrected chi connectivity index (χ1v) is 17.8. The lowest BCUT2D eigenvalue weighted by atomic mass is 9.83. The Balaban J connectivity index is 1.74. The summed E-state index contributed by atoms with van der Waals surface area (Å²) in [4.78, 5) is 23.9. The first-order valence-electron chi connectivity index (χ1n) is 16.0. The lowest BCUT2D eigenvalue weighted by Crippen LogP contribution is -2.48. The minimum atomic E-state index is -5.74. The van der Waals surface area contributed by atoms with E-state index in [-0.39, 0.29) is 33.5 Å². The molecular formula is C37H34ClF5N2O6S. The molecule has 1 aliphatic carbocycles. The molecule has 0 radical (unpaired) electrons. The van der Waals surface area contributed by atoms with Gasteiger partial charge in [-0.1, -0.05) is 62.7 Å². The minimum absolute atomic E-state index is 0.0929. The second-order valence-corrected chi connectivity index (χ2v) is 15.8. The third kappa shape index (κ3) is 8.08. The summed E-state index contributed by atoms with van der Waals surface area (Å²) in [5.41, 5.74) is 1.70. The Kier molecular flexibility index (Phi) is 11.0. The Bertz CT molecular complexity index is 2130. The van der Waals surface area contributed by atoms with Crippen LogP contribution in [0.25, 0.3) is 0 Å². The molecule has 0 spiro atoms. The quantitative estimate of drug-likeness (QED) is 0.0852. The number of nitrogens with one attached hydrogen (secondary N) is 1. The van der Waals surface area contributed by atoms with Crippen LogP contribution in [-0.2, 0) is 33.2 Å². The highest BCUT2D eigenvalue weighted by atomic mass is 35.5. The molecule has 0 aromatic heterocycles. The van der Waals surface area contributed by atoms with Crippen LogP contribution in [0, 0.1) is 29.1 Å². The van der Waals surface area contributed by atoms with Gasteiger partial charge in [0.1, 0.15) is 11.8 Å². The third-order valence-electron chi connectivity index (χ3n) is 8.70. The van der Waals surface area contributed by atoms with Crippen LogP contribution in [0.3, 0.4) is 0 Å². The number of nitrogens with zero attached hydrogens (tertiary/aromatic N) is 1. The molecule has 276 valence electrons. The summed E-state index contributed by atoms with van der Waals surface area (Å²) in [5.74, 6) is -15.0. The normalized spacial score (nSPS) is 14.0. The maximum Gasteiger partial charge on any atom is 0.335 e. The van der Waals surface area contributed by atoms with Crippen LogP contribution in [-0.4, -0.2) is 42.9 Å². The van der Waals surface area contributed by atoms with E-state index in [1.807, 2.05) is 26.8 Å². The van der Waals surface area contributed by atoms with Crippen LogP contribution >= 0.6 is 11.6 Å². The number of aromatic carboxylic acids is 1. The molecule has 1 fully saturated rings. The minimum Gasteiger partial charge on any atom is -0.495 e. The molecule has 8 nitrogen and oxygen atoms in total. The molecule has 0 heterocycles. The highest BCUT2D eigenvalue weighted by Gasteiger charge is 2.43. The lowest BCUT2D eigenvalue weighted by Gasteiger charge is -2.31. The number of carboxylic acid groups (broad SMARTS) is 1. The predicted octanol–water partition coefficient (Wildman–Crippen LogP) is 8.36. The van der Waals surface area contributed by atoms with Gasteiger partial charge in [-0.05, 0) is 83.2 Å². The van der Waals surface area contributed by atoms with Crippen molar-refractivity contribution in [1.82, 2.24) is 4.31 Å². The second kappa shape index (κ2) is 14.8. The number of rotatable bonds is 12. The molecule has 2 N–H and O–H groups in total. The average molecular weight is 765 g/mol. The van der Waals surface area contributed by atoms with Crippen molar-refractivity contribution in [1.29, 1.82) is 0 Å². The molecule has 52 heavy (non-hydrogen) atoms. The summed E-state index contributed by atoms with van der Waals surface area (Å²) in [5, 5.41) is 12.2. The highest BCUT2D eigenvalue weighted by molar-refractivity contribution is 7.89. The molecule has 1 amide bonds. The summed E-state index contributed by atoms with van der Waals surface area (Å²) in [6.07, 6.45) is 1.38. The number of carbonyl (C=O) groups is 2. The van der Waals surface area contributed by atoms with Crippen LogP contribution in [0.15, 0.2) is 65.6 Å². The fourth-order valence-corrected chi connectivity index (χ4v) is 7.49. The maximum atomic E-state index is 15.3. The van der Waals surface area contributed by atoms with E-state index in [2.05, 4.69) is 5.32 Å². The number of methoxy groups -OCH3 is 1. The van der Waals surface area contributed by atoms with E-state index < -0.39 is 80.3 Å². The molecule has 4 aromatic rings. The summed E-state index contributed by atoms with van der Waals surface area (Å²) in [6, 6.07) is 12.7. The number of carbonyl (C=O) groups excluding carboxylic acids is 1. The topological polar surface area (TPSA) is 113 Å². The molecule has 4 aromatic carbocycles. The number of carboxylic acids is 1. The van der Waals surface area contributed by atoms with E-state index >= 15 is 8.78 Å². The largest absolute Gasteiger partial charge is 0.495 e. The van der Waals surface area contributed by atoms with E-state index in [4.69, 9.17) is 16.3 Å². The molecule has 0 saturated heterocycles. The Labute approximate surface area is 302 Å². The van der Waals surface area contributed by atoms with Gasteiger partial charge in [-0.2, -0.15) is 4.31 Å². The molecule has 5 rings (SSSR count). The number of ether oxygens (including phenoxy) is 1. The molecule has 1 atom stereocenters. The summed E-state index contributed by atoms with van der Waals surface area (Å²) in [6.45, 7) is 5.10. The predicted molar refractivity (Wildman–Crippen MR) is 184 cm³/mol. The van der Waals surface area contributed by atoms with Gasteiger partial charge in [0.15, 0.2) is 28.2 Å². The van der Waals surface area contributed by atoms with Crippen molar-refractivity contribution in [2.45, 2.75) is 68.8 Å². The molecule has 0 aliphatic heterocycles. The number of hydrogen-bond donors (Lipinski definition) is 2. The standard InChI is InChI=1S/C37H34ClF5N2O6S/c1-37(2,3)24-14-20(13-23(16-24)21-7-8-21)15-27(35(46)44-26-12-9-22(36(47)48)17-28(26)51-4)45(18-19-5-10-25(38)11-6-19)52(49,50)34-32(42)30(40)29(39)31(41)33(34)43/h5-6,9-14,16-17,21,27H,7-8,15,18H2,1-4H3,(H,44,46)(H,47,48). The summed E-state index contributed by atoms with van der Waals surface area (Å²) in [7, 11) is -4.54. The van der Waals surface area contributed by atoms with Crippen molar-refractivity contribution >= 4 is 39.2 Å². The summed E-state index contributed by atoms with van der Waals surface area (Å²) >= 11 is 6.03. The molecule has 1 saturated carbocycles. The Morgan fingerprint density at radius 2 is 1.50 bits per heavy atom. The van der Waals surface area contributed by atoms with Crippen molar-refractivity contribution < 1.29 is 49.8 Å². The van der Waals surface area contributed by atoms with Crippen LogP contribution in [0.1, 0.15) is 72.1 Å². The van der Waals surface area contributed by atoms with Gasteiger partial charge in [0.2, 0.25) is 21.7 Å². The van der Waals surface area contributed by atoms with Crippen LogP contribution < -0.4 is 10.1 Å². The number of halogens is 6. The number of benzene rings is 4. The monoisotopic (exact) mass is 764 g/mol. The van der Waals surface area contributed by atoms with Crippen molar-refractivity contribution in [3.8, 4) is 5.75 Å². The van der Waals surface area contributed by atoms with Crippen molar-refractivity contribution in [2.24, 2.45) is 0 Å². The van der Waals surface area contributed by atoms with Crippen molar-refractivity contribution in [2.75, 3.05) is 12.4 Å². The first-order chi connectivity index (χ1) is 24.3. The van der Waals surface area contributed by atoms with Gasteiger partial charge >= 0.3 is 5.97 Å². The second-order valence-electron chi connectivity index (χ2n) is 13.5. The molecular weight excluding hydrogens is 731 g/mol. The Hall–Kier alpha value is -4.53. The van der Waals surface area contributed by atoms with E-state index in [0.29, 0.717) is 9.87 Å². The lowest BCUT2D eigenvalue weighted by molar-refractivity contribution is -0.119. The molecule has 0 bridgehead atoms. The van der Waals surface area contributed by atoms with Gasteiger partial charge in [0.25, 0.3) is 0 Å². The molecule has 15 heteroatoms. The van der Waals surface area contributed by atoms with Gasteiger partial charge in [0, 0.05) is 11.6 Å². The number of sulfonamides is 1. The Morgan fingerprint density at radius 3 is 2.04 bits per heavy atom. The van der Waals surface area contributed by atoms with E-state index in [9.17, 15) is 36.3 Å². The van der Waals surface area contributed by atoms with Gasteiger partial charge in [-0.3, -0.25) is 4.79 Å². The molecule has 1 aliphatic rings. The van der Waals surface area contributed by atoms with Crippen LogP contribution in [0.2, 0.25) is 5.02 Å². The van der Waals surface area contributed by atoms with Crippen LogP contribution in [0.5, 0.6) is 5.75 Å². The zero-order valence-corrected chi connectivity index (χ0v) is 29.9. The van der Waals surface area contributed by atoms with Gasteiger partial charge in [-0.15, -0.1) is 0 Å². The Morgan fingerprint density at radius 1 is 0.904 bits per heavy atom. The molecule has 1 unspecified atom stereocenters. The first kappa shape index (κ1) is 38.7. The van der Waals surface area contributed by atoms with E-state index in [1.54, 1.807) is 12.1 Å². The SMILES string of the molecule is COc1cc(C(=O)O)ccc1NC(=O)C(Cc1cc(C2CC2)cc(C(C)(C)C)c1)N(Cc1ccc(Cl)cc1)S(=O)(=O)c1c(F)c(F)c(F)c(F)c1F. The zero-order chi connectivity index (χ0) is 38.3. The van der Waals surface area contributed by atoms with Crippen LogP contribution in [0.4, 0.5) is 27.6 Å².